The lowest BCUT2D eigenvalue weighted by Gasteiger charge is -2.45. The van der Waals surface area contributed by atoms with Gasteiger partial charge >= 0.3 is 0 Å². The highest BCUT2D eigenvalue weighted by Gasteiger charge is 2.39. The summed E-state index contributed by atoms with van der Waals surface area (Å²) in [4.78, 5) is 21.7. The van der Waals surface area contributed by atoms with E-state index >= 15 is 0 Å². The van der Waals surface area contributed by atoms with Gasteiger partial charge in [-0.3, -0.25) is 4.79 Å². The maximum absolute atomic E-state index is 13.8. The number of carbonyl (C=O) groups is 1. The molecule has 0 saturated carbocycles. The van der Waals surface area contributed by atoms with Gasteiger partial charge in [0.2, 0.25) is 0 Å². The number of rotatable bonds is 1. The highest BCUT2D eigenvalue weighted by molar-refractivity contribution is 6.04. The van der Waals surface area contributed by atoms with Crippen molar-refractivity contribution in [2.75, 3.05) is 32.8 Å². The summed E-state index contributed by atoms with van der Waals surface area (Å²) in [6, 6.07) is 2.63. The molecule has 4 rings (SSSR count). The van der Waals surface area contributed by atoms with Crippen LogP contribution in [0.25, 0.3) is 11.0 Å². The van der Waals surface area contributed by atoms with E-state index in [-0.39, 0.29) is 11.5 Å². The van der Waals surface area contributed by atoms with Crippen LogP contribution in [0.2, 0.25) is 0 Å². The fourth-order valence-electron chi connectivity index (χ4n) is 3.55. The molecule has 1 aromatic heterocycles. The summed E-state index contributed by atoms with van der Waals surface area (Å²) >= 11 is 0. The van der Waals surface area contributed by atoms with E-state index in [0.29, 0.717) is 36.3 Å². The van der Waals surface area contributed by atoms with Gasteiger partial charge in [0.05, 0.1) is 36.2 Å². The van der Waals surface area contributed by atoms with Crippen LogP contribution >= 0.6 is 0 Å². The highest BCUT2D eigenvalue weighted by atomic mass is 19.1. The number of aromatic amines is 1. The van der Waals surface area contributed by atoms with Gasteiger partial charge in [0.25, 0.3) is 5.91 Å². The van der Waals surface area contributed by atoms with E-state index in [0.717, 1.165) is 25.9 Å². The quantitative estimate of drug-likeness (QED) is 0.831. The zero-order valence-electron chi connectivity index (χ0n) is 12.8. The molecule has 2 N–H and O–H groups in total. The zero-order chi connectivity index (χ0) is 15.9. The first-order valence-electron chi connectivity index (χ1n) is 7.93. The Morgan fingerprint density at radius 1 is 1.35 bits per heavy atom. The van der Waals surface area contributed by atoms with Crippen molar-refractivity contribution in [2.45, 2.75) is 18.4 Å². The van der Waals surface area contributed by atoms with Crippen LogP contribution in [0.3, 0.4) is 0 Å². The van der Waals surface area contributed by atoms with Crippen LogP contribution in [0.5, 0.6) is 0 Å². The minimum atomic E-state index is -0.435. The number of hydrogen-bond acceptors (Lipinski definition) is 4. The van der Waals surface area contributed by atoms with Crippen LogP contribution in [0.1, 0.15) is 23.2 Å². The molecule has 1 aromatic carbocycles. The van der Waals surface area contributed by atoms with Crippen molar-refractivity contribution in [2.24, 2.45) is 0 Å². The van der Waals surface area contributed by atoms with Crippen molar-refractivity contribution < 1.29 is 13.9 Å². The second-order valence-electron chi connectivity index (χ2n) is 6.26. The van der Waals surface area contributed by atoms with Gasteiger partial charge in [-0.2, -0.15) is 0 Å². The Balaban J connectivity index is 1.64. The number of fused-ring (bicyclic) bond motifs is 1. The van der Waals surface area contributed by atoms with E-state index in [1.54, 1.807) is 4.90 Å². The summed E-state index contributed by atoms with van der Waals surface area (Å²) < 4.78 is 19.8. The van der Waals surface area contributed by atoms with E-state index < -0.39 is 5.82 Å². The number of halogens is 1. The number of aromatic nitrogens is 2. The molecule has 2 aliphatic rings. The molecule has 7 heteroatoms. The molecule has 3 heterocycles. The standard InChI is InChI=1S/C16H19FN4O2/c17-11-7-12(14-13(8-11)19-10-20-14)15(22)21-5-6-23-16(9-21)1-3-18-4-2-16/h7-8,10,18H,1-6,9H2,(H,19,20). The molecule has 6 nitrogen and oxygen atoms in total. The number of carbonyl (C=O) groups excluding carboxylic acids is 1. The molecule has 0 bridgehead atoms. The molecule has 0 unspecified atom stereocenters. The number of morpholine rings is 1. The second-order valence-corrected chi connectivity index (χ2v) is 6.26. The molecule has 1 amide bonds. The minimum Gasteiger partial charge on any atom is -0.371 e. The zero-order valence-corrected chi connectivity index (χ0v) is 12.8. The van der Waals surface area contributed by atoms with Crippen molar-refractivity contribution in [3.63, 3.8) is 0 Å². The summed E-state index contributed by atoms with van der Waals surface area (Å²) in [6.45, 7) is 3.38. The summed E-state index contributed by atoms with van der Waals surface area (Å²) in [6.07, 6.45) is 3.25. The SMILES string of the molecule is O=C(c1cc(F)cc2[nH]cnc12)N1CCOC2(CCNCC2)C1. The van der Waals surface area contributed by atoms with Gasteiger partial charge in [0.15, 0.2) is 0 Å². The lowest BCUT2D eigenvalue weighted by atomic mass is 9.90. The Morgan fingerprint density at radius 3 is 3.00 bits per heavy atom. The maximum Gasteiger partial charge on any atom is 0.256 e. The summed E-state index contributed by atoms with van der Waals surface area (Å²) in [5, 5.41) is 3.31. The first-order chi connectivity index (χ1) is 11.2. The number of amides is 1. The molecule has 2 fully saturated rings. The predicted octanol–water partition coefficient (Wildman–Crippen LogP) is 1.30. The van der Waals surface area contributed by atoms with E-state index in [1.807, 2.05) is 0 Å². The Hall–Kier alpha value is -1.99. The average molecular weight is 318 g/mol. The van der Waals surface area contributed by atoms with E-state index in [9.17, 15) is 9.18 Å². The van der Waals surface area contributed by atoms with E-state index in [4.69, 9.17) is 4.74 Å². The second kappa shape index (κ2) is 5.58. The molecular formula is C16H19FN4O2. The lowest BCUT2D eigenvalue weighted by molar-refractivity contribution is -0.114. The molecule has 2 aromatic rings. The topological polar surface area (TPSA) is 70.2 Å². The van der Waals surface area contributed by atoms with Crippen molar-refractivity contribution in [1.29, 1.82) is 0 Å². The molecule has 0 radical (unpaired) electrons. The van der Waals surface area contributed by atoms with Crippen LogP contribution in [-0.4, -0.2) is 59.2 Å². The van der Waals surface area contributed by atoms with Gasteiger partial charge < -0.3 is 19.9 Å². The third kappa shape index (κ3) is 2.60. The van der Waals surface area contributed by atoms with Crippen LogP contribution in [0.4, 0.5) is 4.39 Å². The van der Waals surface area contributed by atoms with E-state index in [1.165, 1.54) is 18.5 Å². The Kier molecular flexibility index (Phi) is 3.54. The largest absolute Gasteiger partial charge is 0.371 e. The maximum atomic E-state index is 13.8. The molecule has 1 spiro atoms. The molecule has 2 saturated heterocycles. The molecule has 0 atom stereocenters. The number of piperidine rings is 1. The number of ether oxygens (including phenoxy) is 1. The molecule has 23 heavy (non-hydrogen) atoms. The van der Waals surface area contributed by atoms with Gasteiger partial charge in [0, 0.05) is 6.54 Å². The monoisotopic (exact) mass is 318 g/mol. The van der Waals surface area contributed by atoms with Gasteiger partial charge in [-0.05, 0) is 38.1 Å². The fraction of sp³-hybridized carbons (Fsp3) is 0.500. The first-order valence-corrected chi connectivity index (χ1v) is 7.93. The summed E-state index contributed by atoms with van der Waals surface area (Å²) in [5.41, 5.74) is 1.10. The van der Waals surface area contributed by atoms with Crippen LogP contribution < -0.4 is 5.32 Å². The third-order valence-electron chi connectivity index (χ3n) is 4.77. The van der Waals surface area contributed by atoms with E-state index in [2.05, 4.69) is 15.3 Å². The summed E-state index contributed by atoms with van der Waals surface area (Å²) in [7, 11) is 0. The number of nitrogens with one attached hydrogen (secondary N) is 2. The first kappa shape index (κ1) is 14.6. The third-order valence-corrected chi connectivity index (χ3v) is 4.77. The predicted molar refractivity (Wildman–Crippen MR) is 82.7 cm³/mol. The number of benzene rings is 1. The average Bonchev–Trinajstić information content (AvgIpc) is 3.02. The molecule has 0 aliphatic carbocycles. The van der Waals surface area contributed by atoms with Crippen molar-refractivity contribution in [3.05, 3.63) is 29.8 Å². The molecule has 122 valence electrons. The van der Waals surface area contributed by atoms with Crippen molar-refractivity contribution >= 4 is 16.9 Å². The van der Waals surface area contributed by atoms with Gasteiger partial charge in [-0.15, -0.1) is 0 Å². The van der Waals surface area contributed by atoms with Crippen molar-refractivity contribution in [3.8, 4) is 0 Å². The number of hydrogen-bond donors (Lipinski definition) is 2. The van der Waals surface area contributed by atoms with Gasteiger partial charge in [-0.1, -0.05) is 0 Å². The van der Waals surface area contributed by atoms with Crippen LogP contribution in [0.15, 0.2) is 18.5 Å². The molecular weight excluding hydrogens is 299 g/mol. The van der Waals surface area contributed by atoms with Crippen LogP contribution in [0, 0.1) is 5.82 Å². The summed E-state index contributed by atoms with van der Waals surface area (Å²) in [5.74, 6) is -0.613. The van der Waals surface area contributed by atoms with Crippen molar-refractivity contribution in [1.82, 2.24) is 20.2 Å². The van der Waals surface area contributed by atoms with Crippen LogP contribution in [-0.2, 0) is 4.74 Å². The highest BCUT2D eigenvalue weighted by Crippen LogP contribution is 2.29. The smallest absolute Gasteiger partial charge is 0.256 e. The number of nitrogens with zero attached hydrogens (tertiary/aromatic N) is 2. The molecule has 2 aliphatic heterocycles. The number of H-pyrrole nitrogens is 1. The van der Waals surface area contributed by atoms with Gasteiger partial charge in [0.1, 0.15) is 11.3 Å². The number of imidazole rings is 1. The Bertz CT molecular complexity index is 733. The lowest BCUT2D eigenvalue weighted by Crippen LogP contribution is -2.57. The Labute approximate surface area is 133 Å². The fourth-order valence-corrected chi connectivity index (χ4v) is 3.55. The Morgan fingerprint density at radius 2 is 2.17 bits per heavy atom. The minimum absolute atomic E-state index is 0.178. The van der Waals surface area contributed by atoms with Gasteiger partial charge in [-0.25, -0.2) is 9.37 Å². The normalized spacial score (nSPS) is 21.0.